The monoisotopic (exact) mass is 458 g/mol. The maximum atomic E-state index is 11.6. The lowest BCUT2D eigenvalue weighted by Gasteiger charge is -2.35. The van der Waals surface area contributed by atoms with Crippen molar-refractivity contribution in [3.63, 3.8) is 0 Å². The van der Waals surface area contributed by atoms with Crippen LogP contribution in [0.2, 0.25) is 0 Å². The quantitative estimate of drug-likeness (QED) is 0.277. The summed E-state index contributed by atoms with van der Waals surface area (Å²) >= 11 is 0. The molecule has 0 atom stereocenters. The summed E-state index contributed by atoms with van der Waals surface area (Å²) in [5.74, 6) is -2.94. The maximum Gasteiger partial charge on any atom is 0.366 e. The molecule has 0 radical (unpaired) electrons. The molecule has 0 bridgehead atoms. The lowest BCUT2D eigenvalue weighted by atomic mass is 10.0. The number of aldehydes is 1. The van der Waals surface area contributed by atoms with Crippen LogP contribution in [0.4, 0.5) is 0 Å². The highest BCUT2D eigenvalue weighted by atomic mass is 16.7. The Morgan fingerprint density at radius 1 is 0.844 bits per heavy atom. The molecule has 184 valence electrons. The van der Waals surface area contributed by atoms with Crippen molar-refractivity contribution in [2.75, 3.05) is 39.6 Å². The Bertz CT molecular complexity index is 536. The highest BCUT2D eigenvalue weighted by molar-refractivity contribution is 5.77. The molecule has 0 aromatic carbocycles. The van der Waals surface area contributed by atoms with Gasteiger partial charge in [-0.15, -0.1) is 6.58 Å². The lowest BCUT2D eigenvalue weighted by Crippen LogP contribution is -2.48. The van der Waals surface area contributed by atoms with Crippen molar-refractivity contribution in [2.24, 2.45) is 11.8 Å². The zero-order chi connectivity index (χ0) is 24.0. The van der Waals surface area contributed by atoms with Crippen molar-refractivity contribution < 1.29 is 42.8 Å². The molecule has 0 N–H and O–H groups in total. The highest BCUT2D eigenvalue weighted by Crippen LogP contribution is 2.26. The van der Waals surface area contributed by atoms with E-state index in [1.165, 1.54) is 0 Å². The molecule has 9 heteroatoms. The Labute approximate surface area is 190 Å². The van der Waals surface area contributed by atoms with E-state index >= 15 is 0 Å². The molecule has 2 rings (SSSR count). The molecule has 0 saturated carbocycles. The van der Waals surface area contributed by atoms with E-state index in [9.17, 15) is 14.4 Å². The summed E-state index contributed by atoms with van der Waals surface area (Å²) in [7, 11) is 0. The minimum atomic E-state index is -1.28. The fourth-order valence-electron chi connectivity index (χ4n) is 3.04. The minimum Gasteiger partial charge on any atom is -0.462 e. The van der Waals surface area contributed by atoms with Crippen molar-refractivity contribution in [3.8, 4) is 0 Å². The minimum absolute atomic E-state index is 0.174. The number of hydrogen-bond donors (Lipinski definition) is 0. The van der Waals surface area contributed by atoms with Crippen LogP contribution in [0, 0.1) is 11.8 Å². The molecular weight excluding hydrogens is 420 g/mol. The third kappa shape index (κ3) is 8.97. The van der Waals surface area contributed by atoms with Crippen LogP contribution in [0.1, 0.15) is 53.4 Å². The number of ether oxygens (including phenoxy) is 6. The third-order valence-electron chi connectivity index (χ3n) is 5.14. The molecular formula is C23H38O9. The molecule has 2 aliphatic heterocycles. The van der Waals surface area contributed by atoms with Gasteiger partial charge in [0.25, 0.3) is 11.6 Å². The van der Waals surface area contributed by atoms with Gasteiger partial charge in [-0.25, -0.2) is 9.59 Å². The van der Waals surface area contributed by atoms with E-state index < -0.39 is 23.5 Å². The molecule has 0 aliphatic carbocycles. The predicted octanol–water partition coefficient (Wildman–Crippen LogP) is 2.80. The summed E-state index contributed by atoms with van der Waals surface area (Å²) in [5.41, 5.74) is 0. The standard InChI is InChI=1S/C12H20O4.C11H18O5/c1-4-6-7-10-8-15-12(3,16-9-10)11(13)14-5-2;1-3-14-10(13)11(2)15-7-9(8-16-11)5-4-6-12/h4,10H,1,5-9H2,2-3H3;6,9H,3-5,7-8H2,1-2H3. The van der Waals surface area contributed by atoms with Crippen molar-refractivity contribution in [3.05, 3.63) is 12.7 Å². The van der Waals surface area contributed by atoms with E-state index in [1.54, 1.807) is 27.7 Å². The zero-order valence-corrected chi connectivity index (χ0v) is 19.8. The van der Waals surface area contributed by atoms with Crippen LogP contribution >= 0.6 is 0 Å². The molecule has 0 aromatic rings. The van der Waals surface area contributed by atoms with Gasteiger partial charge in [0.05, 0.1) is 39.6 Å². The summed E-state index contributed by atoms with van der Waals surface area (Å²) in [4.78, 5) is 33.3. The van der Waals surface area contributed by atoms with Crippen molar-refractivity contribution in [1.29, 1.82) is 0 Å². The number of allylic oxidation sites excluding steroid dienone is 1. The molecule has 2 fully saturated rings. The van der Waals surface area contributed by atoms with E-state index in [1.807, 2.05) is 6.08 Å². The van der Waals surface area contributed by atoms with E-state index in [0.717, 1.165) is 25.5 Å². The Balaban J connectivity index is 0.000000320. The van der Waals surface area contributed by atoms with Crippen molar-refractivity contribution >= 4 is 18.2 Å². The molecule has 9 nitrogen and oxygen atoms in total. The maximum absolute atomic E-state index is 11.6. The van der Waals surface area contributed by atoms with Crippen molar-refractivity contribution in [2.45, 2.75) is 65.0 Å². The van der Waals surface area contributed by atoms with Crippen LogP contribution in [0.3, 0.4) is 0 Å². The summed E-state index contributed by atoms with van der Waals surface area (Å²) in [5, 5.41) is 0. The Kier molecular flexibility index (Phi) is 12.7. The third-order valence-corrected chi connectivity index (χ3v) is 5.14. The summed E-state index contributed by atoms with van der Waals surface area (Å²) < 4.78 is 31.4. The molecule has 0 spiro atoms. The van der Waals surface area contributed by atoms with Gasteiger partial charge in [0.2, 0.25) is 0 Å². The number of esters is 2. The van der Waals surface area contributed by atoms with Crippen LogP contribution in [0.25, 0.3) is 0 Å². The average Bonchev–Trinajstić information content (AvgIpc) is 2.79. The van der Waals surface area contributed by atoms with Gasteiger partial charge in [-0.05, 0) is 33.1 Å². The van der Waals surface area contributed by atoms with E-state index in [0.29, 0.717) is 52.0 Å². The second-order valence-corrected chi connectivity index (χ2v) is 7.92. The summed E-state index contributed by atoms with van der Waals surface area (Å²) in [6.07, 6.45) is 5.88. The van der Waals surface area contributed by atoms with E-state index in [2.05, 4.69) is 6.58 Å². The molecule has 0 unspecified atom stereocenters. The van der Waals surface area contributed by atoms with Crippen LogP contribution in [-0.4, -0.2) is 69.4 Å². The van der Waals surface area contributed by atoms with Gasteiger partial charge in [-0.3, -0.25) is 0 Å². The number of rotatable bonds is 10. The lowest BCUT2D eigenvalue weighted by molar-refractivity contribution is -0.273. The van der Waals surface area contributed by atoms with Gasteiger partial charge in [-0.2, -0.15) is 0 Å². The van der Waals surface area contributed by atoms with Gasteiger partial charge < -0.3 is 33.2 Å². The fraction of sp³-hybridized carbons (Fsp3) is 0.783. The molecule has 2 heterocycles. The van der Waals surface area contributed by atoms with E-state index in [-0.39, 0.29) is 5.92 Å². The van der Waals surface area contributed by atoms with Gasteiger partial charge in [0.1, 0.15) is 6.29 Å². The molecule has 0 amide bonds. The van der Waals surface area contributed by atoms with Gasteiger partial charge in [-0.1, -0.05) is 6.08 Å². The first kappa shape index (κ1) is 28.2. The van der Waals surface area contributed by atoms with Crippen LogP contribution in [0.15, 0.2) is 12.7 Å². The van der Waals surface area contributed by atoms with Gasteiger partial charge in [0, 0.05) is 32.1 Å². The first-order valence-corrected chi connectivity index (χ1v) is 11.2. The Morgan fingerprint density at radius 2 is 1.22 bits per heavy atom. The molecule has 0 aromatic heterocycles. The van der Waals surface area contributed by atoms with Crippen molar-refractivity contribution in [1.82, 2.24) is 0 Å². The summed E-state index contributed by atoms with van der Waals surface area (Å²) in [6, 6.07) is 0. The first-order chi connectivity index (χ1) is 15.2. The fourth-order valence-corrected chi connectivity index (χ4v) is 3.04. The second-order valence-electron chi connectivity index (χ2n) is 7.92. The molecule has 32 heavy (non-hydrogen) atoms. The Morgan fingerprint density at radius 3 is 1.53 bits per heavy atom. The van der Waals surface area contributed by atoms with Gasteiger partial charge in [0.15, 0.2) is 0 Å². The normalized spacial score (nSPS) is 29.8. The number of hydrogen-bond acceptors (Lipinski definition) is 9. The average molecular weight is 459 g/mol. The SMILES string of the molecule is C=CCCC1COC(C)(C(=O)OCC)OC1.CCOC(=O)C1(C)OCC(CCC=O)CO1. The largest absolute Gasteiger partial charge is 0.462 e. The predicted molar refractivity (Wildman–Crippen MR) is 116 cm³/mol. The second kappa shape index (κ2) is 14.4. The molecule has 2 aliphatic rings. The summed E-state index contributed by atoms with van der Waals surface area (Å²) in [6.45, 7) is 12.9. The van der Waals surface area contributed by atoms with Crippen LogP contribution in [-0.2, 0) is 42.8 Å². The van der Waals surface area contributed by atoms with E-state index in [4.69, 9.17) is 28.4 Å². The molecule has 2 saturated heterocycles. The highest BCUT2D eigenvalue weighted by Gasteiger charge is 2.42. The Hall–Kier alpha value is -1.81. The van der Waals surface area contributed by atoms with Gasteiger partial charge >= 0.3 is 11.9 Å². The number of carbonyl (C=O) groups excluding carboxylic acids is 3. The smallest absolute Gasteiger partial charge is 0.366 e. The zero-order valence-electron chi connectivity index (χ0n) is 19.8. The topological polar surface area (TPSA) is 107 Å². The van der Waals surface area contributed by atoms with Crippen LogP contribution in [0.5, 0.6) is 0 Å². The first-order valence-electron chi connectivity index (χ1n) is 11.2. The number of carbonyl (C=O) groups is 3. The van der Waals surface area contributed by atoms with Crippen LogP contribution < -0.4 is 0 Å².